The number of ether oxygens (including phenoxy) is 1. The van der Waals surface area contributed by atoms with Crippen LogP contribution >= 0.6 is 15.9 Å². The summed E-state index contributed by atoms with van der Waals surface area (Å²) >= 11 is 3.12. The van der Waals surface area contributed by atoms with Crippen molar-refractivity contribution in [2.45, 2.75) is 12.6 Å². The van der Waals surface area contributed by atoms with E-state index in [4.69, 9.17) is 0 Å². The predicted molar refractivity (Wildman–Crippen MR) is 52.4 cm³/mol. The van der Waals surface area contributed by atoms with Gasteiger partial charge in [0.2, 0.25) is 5.67 Å². The number of pyridine rings is 1. The summed E-state index contributed by atoms with van der Waals surface area (Å²) in [6, 6.07) is 3.25. The highest BCUT2D eigenvalue weighted by atomic mass is 79.9. The zero-order valence-corrected chi connectivity index (χ0v) is 9.34. The molecule has 5 heteroatoms. The number of halogens is 2. The van der Waals surface area contributed by atoms with E-state index in [0.717, 1.165) is 14.0 Å². The van der Waals surface area contributed by atoms with E-state index in [9.17, 15) is 9.18 Å². The lowest BCUT2D eigenvalue weighted by molar-refractivity contribution is -0.154. The van der Waals surface area contributed by atoms with Crippen molar-refractivity contribution < 1.29 is 13.9 Å². The van der Waals surface area contributed by atoms with E-state index in [1.54, 1.807) is 12.1 Å². The Morgan fingerprint density at radius 2 is 2.36 bits per heavy atom. The maximum absolute atomic E-state index is 13.9. The van der Waals surface area contributed by atoms with Gasteiger partial charge in [-0.15, -0.1) is 0 Å². The first-order valence-electron chi connectivity index (χ1n) is 3.88. The topological polar surface area (TPSA) is 39.2 Å². The third-order valence-electron chi connectivity index (χ3n) is 1.77. The monoisotopic (exact) mass is 261 g/mol. The maximum Gasteiger partial charge on any atom is 0.349 e. The van der Waals surface area contributed by atoms with Crippen molar-refractivity contribution in [3.63, 3.8) is 0 Å². The summed E-state index contributed by atoms with van der Waals surface area (Å²) in [6.45, 7) is 1.12. The third kappa shape index (κ3) is 1.92. The van der Waals surface area contributed by atoms with Gasteiger partial charge in [0, 0.05) is 10.7 Å². The van der Waals surface area contributed by atoms with Gasteiger partial charge >= 0.3 is 5.97 Å². The van der Waals surface area contributed by atoms with E-state index in [0.29, 0.717) is 4.47 Å². The van der Waals surface area contributed by atoms with Gasteiger partial charge in [-0.25, -0.2) is 9.18 Å². The number of rotatable bonds is 2. The average Bonchev–Trinajstić information content (AvgIpc) is 2.17. The molecule has 0 radical (unpaired) electrons. The first kappa shape index (κ1) is 11.1. The van der Waals surface area contributed by atoms with Crippen molar-refractivity contribution >= 4 is 21.9 Å². The number of hydrogen-bond donors (Lipinski definition) is 0. The molecule has 1 unspecified atom stereocenters. The summed E-state index contributed by atoms with van der Waals surface area (Å²) in [4.78, 5) is 14.9. The minimum Gasteiger partial charge on any atom is -0.466 e. The second-order valence-electron chi connectivity index (χ2n) is 2.83. The zero-order chi connectivity index (χ0) is 10.8. The fourth-order valence-electron chi connectivity index (χ4n) is 1.02. The molecule has 1 aromatic rings. The molecule has 1 rings (SSSR count). The number of esters is 1. The minimum atomic E-state index is -2.23. The van der Waals surface area contributed by atoms with Crippen molar-refractivity contribution in [3.8, 4) is 0 Å². The Morgan fingerprint density at radius 1 is 1.71 bits per heavy atom. The van der Waals surface area contributed by atoms with Crippen molar-refractivity contribution in [3.05, 3.63) is 28.5 Å². The van der Waals surface area contributed by atoms with E-state index < -0.39 is 11.6 Å². The number of methoxy groups -OCH3 is 1. The Balaban J connectivity index is 3.16. The molecule has 0 spiro atoms. The fourth-order valence-corrected chi connectivity index (χ4v) is 1.65. The molecule has 1 heterocycles. The highest BCUT2D eigenvalue weighted by Gasteiger charge is 2.39. The van der Waals surface area contributed by atoms with Gasteiger partial charge < -0.3 is 4.74 Å². The molecule has 0 amide bonds. The minimum absolute atomic E-state index is 0.0202. The van der Waals surface area contributed by atoms with Gasteiger partial charge in [-0.2, -0.15) is 0 Å². The molecule has 0 saturated heterocycles. The Bertz CT molecular complexity index is 354. The van der Waals surface area contributed by atoms with Gasteiger partial charge in [-0.1, -0.05) is 0 Å². The molecule has 76 valence electrons. The molecule has 0 fully saturated rings. The molecule has 1 aromatic heterocycles. The molecule has 0 N–H and O–H groups in total. The van der Waals surface area contributed by atoms with Crippen LogP contribution in [0.5, 0.6) is 0 Å². The number of aromatic nitrogens is 1. The van der Waals surface area contributed by atoms with E-state index in [1.807, 2.05) is 0 Å². The summed E-state index contributed by atoms with van der Waals surface area (Å²) in [7, 11) is 1.14. The number of alkyl halides is 1. The Kier molecular flexibility index (Phi) is 3.21. The normalized spacial score (nSPS) is 14.6. The molecule has 0 aliphatic carbocycles. The van der Waals surface area contributed by atoms with Crippen molar-refractivity contribution in [1.29, 1.82) is 0 Å². The van der Waals surface area contributed by atoms with Crippen LogP contribution in [0.15, 0.2) is 22.8 Å². The SMILES string of the molecule is COC(=O)C(C)(F)c1ncccc1Br. The van der Waals surface area contributed by atoms with Crippen molar-refractivity contribution in [2.75, 3.05) is 7.11 Å². The molecule has 0 aliphatic heterocycles. The van der Waals surface area contributed by atoms with Gasteiger partial charge in [-0.3, -0.25) is 4.98 Å². The lowest BCUT2D eigenvalue weighted by Gasteiger charge is -2.17. The van der Waals surface area contributed by atoms with Gasteiger partial charge in [0.1, 0.15) is 5.69 Å². The molecule has 0 bridgehead atoms. The zero-order valence-electron chi connectivity index (χ0n) is 7.75. The number of nitrogens with zero attached hydrogens (tertiary/aromatic N) is 1. The lowest BCUT2D eigenvalue weighted by Crippen LogP contribution is -2.30. The Morgan fingerprint density at radius 3 is 2.86 bits per heavy atom. The Labute approximate surface area is 89.4 Å². The number of hydrogen-bond acceptors (Lipinski definition) is 3. The first-order chi connectivity index (χ1) is 6.50. The fraction of sp³-hybridized carbons (Fsp3) is 0.333. The summed E-state index contributed by atoms with van der Waals surface area (Å²) in [5.74, 6) is -0.961. The highest BCUT2D eigenvalue weighted by molar-refractivity contribution is 9.10. The first-order valence-corrected chi connectivity index (χ1v) is 4.67. The second-order valence-corrected chi connectivity index (χ2v) is 3.68. The van der Waals surface area contributed by atoms with E-state index in [-0.39, 0.29) is 5.69 Å². The predicted octanol–water partition coefficient (Wildman–Crippen LogP) is 2.20. The van der Waals surface area contributed by atoms with Crippen LogP contribution in [0.3, 0.4) is 0 Å². The molecule has 14 heavy (non-hydrogen) atoms. The molecular weight excluding hydrogens is 253 g/mol. The second kappa shape index (κ2) is 4.04. The average molecular weight is 262 g/mol. The molecule has 0 aliphatic rings. The van der Waals surface area contributed by atoms with Gasteiger partial charge in [0.25, 0.3) is 0 Å². The number of carbonyl (C=O) groups is 1. The smallest absolute Gasteiger partial charge is 0.349 e. The van der Waals surface area contributed by atoms with Crippen LogP contribution in [-0.2, 0) is 15.2 Å². The maximum atomic E-state index is 13.9. The highest BCUT2D eigenvalue weighted by Crippen LogP contribution is 2.30. The summed E-state index contributed by atoms with van der Waals surface area (Å²) in [5.41, 5.74) is -2.21. The van der Waals surface area contributed by atoms with Crippen LogP contribution in [0.1, 0.15) is 12.6 Å². The summed E-state index contributed by atoms with van der Waals surface area (Å²) in [6.07, 6.45) is 1.42. The Hall–Kier alpha value is -0.970. The van der Waals surface area contributed by atoms with Crippen LogP contribution in [0.4, 0.5) is 4.39 Å². The quantitative estimate of drug-likeness (QED) is 0.767. The molecule has 0 aromatic carbocycles. The molecule has 3 nitrogen and oxygen atoms in total. The van der Waals surface area contributed by atoms with E-state index in [2.05, 4.69) is 25.7 Å². The summed E-state index contributed by atoms with van der Waals surface area (Å²) < 4.78 is 18.7. The van der Waals surface area contributed by atoms with Gasteiger partial charge in [0.05, 0.1) is 7.11 Å². The third-order valence-corrected chi connectivity index (χ3v) is 2.41. The number of carbonyl (C=O) groups excluding carboxylic acids is 1. The largest absolute Gasteiger partial charge is 0.466 e. The van der Waals surface area contributed by atoms with Crippen molar-refractivity contribution in [2.24, 2.45) is 0 Å². The van der Waals surface area contributed by atoms with Crippen molar-refractivity contribution in [1.82, 2.24) is 4.98 Å². The summed E-state index contributed by atoms with van der Waals surface area (Å²) in [5, 5.41) is 0. The van der Waals surface area contributed by atoms with Crippen LogP contribution in [-0.4, -0.2) is 18.1 Å². The van der Waals surface area contributed by atoms with Crippen LogP contribution in [0.2, 0.25) is 0 Å². The molecule has 0 saturated carbocycles. The van der Waals surface area contributed by atoms with Crippen LogP contribution < -0.4 is 0 Å². The van der Waals surface area contributed by atoms with Gasteiger partial charge in [0.15, 0.2) is 0 Å². The van der Waals surface area contributed by atoms with E-state index in [1.165, 1.54) is 6.20 Å². The standard InChI is InChI=1S/C9H9BrFNO2/c1-9(11,8(13)14-2)7-6(10)4-3-5-12-7/h3-5H,1-2H3. The van der Waals surface area contributed by atoms with Crippen LogP contribution in [0.25, 0.3) is 0 Å². The molecule has 1 atom stereocenters. The molecular formula is C9H9BrFNO2. The van der Waals surface area contributed by atoms with Gasteiger partial charge in [-0.05, 0) is 35.0 Å². The van der Waals surface area contributed by atoms with Crippen LogP contribution in [0, 0.1) is 0 Å². The lowest BCUT2D eigenvalue weighted by atomic mass is 10.0. The van der Waals surface area contributed by atoms with E-state index >= 15 is 0 Å².